The second-order valence-corrected chi connectivity index (χ2v) is 10.2. The first-order valence-corrected chi connectivity index (χ1v) is 11.6. The fourth-order valence-corrected chi connectivity index (χ4v) is 7.54. The summed E-state index contributed by atoms with van der Waals surface area (Å²) in [4.78, 5) is 8.88. The first-order chi connectivity index (χ1) is 14.7. The summed E-state index contributed by atoms with van der Waals surface area (Å²) in [5.41, 5.74) is 4.86. The molecule has 30 heavy (non-hydrogen) atoms. The summed E-state index contributed by atoms with van der Waals surface area (Å²) in [5.74, 6) is 0.898. The van der Waals surface area contributed by atoms with E-state index in [2.05, 4.69) is 27.8 Å². The minimum atomic E-state index is -3.07. The van der Waals surface area contributed by atoms with Crippen LogP contribution in [0, 0.1) is 6.92 Å². The molecule has 0 radical (unpaired) electrons. The van der Waals surface area contributed by atoms with Gasteiger partial charge in [-0.05, 0) is 54.4 Å². The topological polar surface area (TPSA) is 47.8 Å². The number of imidazole rings is 1. The molecule has 3 heterocycles. The summed E-state index contributed by atoms with van der Waals surface area (Å²) in [7, 11) is -3.07. The van der Waals surface area contributed by atoms with Crippen LogP contribution in [-0.2, 0) is 4.57 Å². The number of aryl methyl sites for hydroxylation is 1. The lowest BCUT2D eigenvalue weighted by Crippen LogP contribution is -2.33. The van der Waals surface area contributed by atoms with Crippen molar-refractivity contribution in [3.63, 3.8) is 0 Å². The van der Waals surface area contributed by atoms with Crippen LogP contribution in [0.1, 0.15) is 5.82 Å². The van der Waals surface area contributed by atoms with Crippen molar-refractivity contribution in [1.82, 2.24) is 14.5 Å². The SMILES string of the molecule is Cc1nc2cccc3c2n1-c1ccc(-c2ccncc2)cc1P3(=O)c1ccccc1. The zero-order chi connectivity index (χ0) is 20.3. The molecule has 2 aromatic heterocycles. The van der Waals surface area contributed by atoms with Crippen molar-refractivity contribution in [3.8, 4) is 16.8 Å². The normalized spacial score (nSPS) is 17.1. The molecule has 0 fully saturated rings. The molecule has 0 saturated heterocycles. The van der Waals surface area contributed by atoms with Gasteiger partial charge >= 0.3 is 0 Å². The van der Waals surface area contributed by atoms with Gasteiger partial charge < -0.3 is 4.57 Å². The van der Waals surface area contributed by atoms with Gasteiger partial charge in [-0.2, -0.15) is 0 Å². The Kier molecular flexibility index (Phi) is 3.62. The van der Waals surface area contributed by atoms with Crippen molar-refractivity contribution in [2.45, 2.75) is 6.92 Å². The molecule has 0 aliphatic carbocycles. The van der Waals surface area contributed by atoms with Crippen molar-refractivity contribution in [3.05, 3.63) is 97.1 Å². The third-order valence-electron chi connectivity index (χ3n) is 5.85. The Morgan fingerprint density at radius 2 is 1.60 bits per heavy atom. The van der Waals surface area contributed by atoms with E-state index in [0.29, 0.717) is 0 Å². The van der Waals surface area contributed by atoms with Crippen LogP contribution >= 0.6 is 7.14 Å². The highest BCUT2D eigenvalue weighted by Gasteiger charge is 2.39. The zero-order valence-corrected chi connectivity index (χ0v) is 17.3. The van der Waals surface area contributed by atoms with Gasteiger partial charge in [0.1, 0.15) is 5.82 Å². The van der Waals surface area contributed by atoms with Gasteiger partial charge in [0, 0.05) is 28.3 Å². The number of nitrogens with zero attached hydrogens (tertiary/aromatic N) is 3. The van der Waals surface area contributed by atoms with Gasteiger partial charge in [-0.25, -0.2) is 4.98 Å². The van der Waals surface area contributed by atoms with Gasteiger partial charge in [0.05, 0.1) is 16.7 Å². The fourth-order valence-electron chi connectivity index (χ4n) is 4.51. The Morgan fingerprint density at radius 1 is 0.800 bits per heavy atom. The average Bonchev–Trinajstić information content (AvgIpc) is 3.15. The van der Waals surface area contributed by atoms with E-state index in [1.807, 2.05) is 67.6 Å². The Hall–Kier alpha value is -3.49. The highest BCUT2D eigenvalue weighted by Crippen LogP contribution is 2.49. The summed E-state index contributed by atoms with van der Waals surface area (Å²) < 4.78 is 17.2. The van der Waals surface area contributed by atoms with E-state index >= 15 is 4.57 Å². The minimum absolute atomic E-state index is 0.843. The molecule has 0 saturated carbocycles. The number of hydrogen-bond donors (Lipinski definition) is 0. The third-order valence-corrected chi connectivity index (χ3v) is 8.95. The third kappa shape index (κ3) is 2.25. The lowest BCUT2D eigenvalue weighted by molar-refractivity contribution is 0.592. The summed E-state index contributed by atoms with van der Waals surface area (Å²) in [5, 5.41) is 2.55. The highest BCUT2D eigenvalue weighted by molar-refractivity contribution is 7.86. The number of pyridine rings is 1. The molecule has 0 N–H and O–H groups in total. The predicted octanol–water partition coefficient (Wildman–Crippen LogP) is 4.35. The molecule has 144 valence electrons. The van der Waals surface area contributed by atoms with Crippen molar-refractivity contribution in [1.29, 1.82) is 0 Å². The maximum atomic E-state index is 15.0. The number of aromatic nitrogens is 3. The lowest BCUT2D eigenvalue weighted by Gasteiger charge is -2.29. The van der Waals surface area contributed by atoms with Crippen molar-refractivity contribution < 1.29 is 4.57 Å². The van der Waals surface area contributed by atoms with Crippen LogP contribution in [0.4, 0.5) is 0 Å². The van der Waals surface area contributed by atoms with Crippen molar-refractivity contribution in [2.24, 2.45) is 0 Å². The van der Waals surface area contributed by atoms with E-state index < -0.39 is 7.14 Å². The van der Waals surface area contributed by atoms with E-state index in [0.717, 1.165) is 49.6 Å². The molecule has 6 rings (SSSR count). The first kappa shape index (κ1) is 17.4. The van der Waals surface area contributed by atoms with Crippen LogP contribution in [0.3, 0.4) is 0 Å². The van der Waals surface area contributed by atoms with Crippen LogP contribution < -0.4 is 15.9 Å². The minimum Gasteiger partial charge on any atom is -0.308 e. The Labute approximate surface area is 174 Å². The maximum Gasteiger partial charge on any atom is 0.175 e. The molecule has 1 unspecified atom stereocenters. The standard InChI is InChI=1S/C25H18N3OP/c1-17-27-21-8-5-9-23-25(21)28(17)22-11-10-19(18-12-14-26-15-13-18)16-24(22)30(23,29)20-6-3-2-4-7-20/h2-16H,1H3. The van der Waals surface area contributed by atoms with E-state index in [1.54, 1.807) is 12.4 Å². The largest absolute Gasteiger partial charge is 0.308 e. The molecular formula is C25H18N3OP. The Bertz CT molecular complexity index is 1470. The average molecular weight is 407 g/mol. The molecule has 5 heteroatoms. The molecule has 0 bridgehead atoms. The van der Waals surface area contributed by atoms with Gasteiger partial charge in [-0.1, -0.05) is 42.5 Å². The second kappa shape index (κ2) is 6.25. The maximum absolute atomic E-state index is 15.0. The number of rotatable bonds is 2. The Balaban J connectivity index is 1.76. The van der Waals surface area contributed by atoms with Crippen molar-refractivity contribution >= 4 is 34.1 Å². The molecule has 1 atom stereocenters. The van der Waals surface area contributed by atoms with Gasteiger partial charge in [0.2, 0.25) is 0 Å². The van der Waals surface area contributed by atoms with Gasteiger partial charge in [0.15, 0.2) is 7.14 Å². The first-order valence-electron chi connectivity index (χ1n) is 9.87. The molecule has 0 amide bonds. The van der Waals surface area contributed by atoms with E-state index in [1.165, 1.54) is 0 Å². The summed E-state index contributed by atoms with van der Waals surface area (Å²) in [6, 6.07) is 26.0. The quantitative estimate of drug-likeness (QED) is 0.401. The molecule has 1 aliphatic rings. The smallest absolute Gasteiger partial charge is 0.175 e. The van der Waals surface area contributed by atoms with Crippen LogP contribution in [0.15, 0.2) is 91.3 Å². The summed E-state index contributed by atoms with van der Waals surface area (Å²) in [6.07, 6.45) is 3.56. The zero-order valence-electron chi connectivity index (χ0n) is 16.4. The van der Waals surface area contributed by atoms with Crippen molar-refractivity contribution in [2.75, 3.05) is 0 Å². The van der Waals surface area contributed by atoms with Crippen LogP contribution in [0.2, 0.25) is 0 Å². The molecule has 0 spiro atoms. The van der Waals surface area contributed by atoms with Crippen LogP contribution in [0.25, 0.3) is 27.8 Å². The molecular weight excluding hydrogens is 389 g/mol. The van der Waals surface area contributed by atoms with Gasteiger partial charge in [-0.3, -0.25) is 9.55 Å². The fraction of sp³-hybridized carbons (Fsp3) is 0.0400. The molecule has 5 aromatic rings. The van der Waals surface area contributed by atoms with Gasteiger partial charge in [0.25, 0.3) is 0 Å². The lowest BCUT2D eigenvalue weighted by atomic mass is 10.1. The number of fused-ring (bicyclic) bond motifs is 2. The van der Waals surface area contributed by atoms with E-state index in [-0.39, 0.29) is 0 Å². The predicted molar refractivity (Wildman–Crippen MR) is 122 cm³/mol. The highest BCUT2D eigenvalue weighted by atomic mass is 31.2. The molecule has 3 aromatic carbocycles. The molecule has 1 aliphatic heterocycles. The van der Waals surface area contributed by atoms with E-state index in [4.69, 9.17) is 4.98 Å². The van der Waals surface area contributed by atoms with Crippen LogP contribution in [0.5, 0.6) is 0 Å². The summed E-state index contributed by atoms with van der Waals surface area (Å²) in [6.45, 7) is 2.00. The van der Waals surface area contributed by atoms with Gasteiger partial charge in [-0.15, -0.1) is 0 Å². The van der Waals surface area contributed by atoms with E-state index in [9.17, 15) is 0 Å². The Morgan fingerprint density at radius 3 is 2.40 bits per heavy atom. The number of benzene rings is 3. The van der Waals surface area contributed by atoms with Crippen LogP contribution in [-0.4, -0.2) is 14.5 Å². The second-order valence-electron chi connectivity index (χ2n) is 7.52. The number of hydrogen-bond acceptors (Lipinski definition) is 3. The molecule has 4 nitrogen and oxygen atoms in total. The number of para-hydroxylation sites is 1. The monoisotopic (exact) mass is 407 g/mol. The summed E-state index contributed by atoms with van der Waals surface area (Å²) >= 11 is 0.